The molecule has 87 heavy (non-hydrogen) atoms. The molecule has 37 nitrogen and oxygen atoms in total. The number of hydrogen-bond acceptors (Lipinski definition) is 20. The molecule has 1 rings (SSSR count). The molecule has 37 heteroatoms. The van der Waals surface area contributed by atoms with Gasteiger partial charge in [0, 0.05) is 26.2 Å². The number of benzene rings is 1. The van der Waals surface area contributed by atoms with Crippen molar-refractivity contribution < 1.29 is 112 Å². The maximum Gasteiger partial charge on any atom is 0.305 e. The van der Waals surface area contributed by atoms with Gasteiger partial charge in [0.15, 0.2) is 0 Å². The van der Waals surface area contributed by atoms with E-state index in [2.05, 4.69) is 37.2 Å². The Morgan fingerprint density at radius 1 is 0.402 bits per heavy atom. The molecule has 1 aromatic carbocycles. The van der Waals surface area contributed by atoms with Crippen LogP contribution in [-0.2, 0) is 87.9 Å². The first-order valence-electron chi connectivity index (χ1n) is 26.3. The fourth-order valence-electron chi connectivity index (χ4n) is 7.51. The van der Waals surface area contributed by atoms with Crippen LogP contribution in [0.25, 0.3) is 0 Å². The van der Waals surface area contributed by atoms with Gasteiger partial charge in [-0.1, -0.05) is 30.3 Å². The van der Waals surface area contributed by atoms with Crippen molar-refractivity contribution >= 4 is 101 Å². The number of hydrogen-bond donors (Lipinski definition) is 20. The molecular formula is C50H74N14O23. The molecule has 0 saturated heterocycles. The average molecular weight is 1240 g/mol. The quantitative estimate of drug-likeness (QED) is 0.0291. The molecule has 1 aromatic rings. The minimum Gasteiger partial charge on any atom is -0.481 e. The van der Waals surface area contributed by atoms with Crippen LogP contribution in [0, 0.1) is 0 Å². The molecule has 0 spiro atoms. The Morgan fingerprint density at radius 2 is 0.759 bits per heavy atom. The minimum atomic E-state index is -2.26. The molecule has 0 fully saturated rings. The summed E-state index contributed by atoms with van der Waals surface area (Å²) in [4.78, 5) is 217. The highest BCUT2D eigenvalue weighted by Crippen LogP contribution is 2.09. The Kier molecular flexibility index (Phi) is 31.7. The van der Waals surface area contributed by atoms with Crippen molar-refractivity contribution in [2.24, 2.45) is 17.2 Å². The molecule has 0 aliphatic rings. The summed E-state index contributed by atoms with van der Waals surface area (Å²) in [5.74, 6) is -22.3. The van der Waals surface area contributed by atoms with Crippen molar-refractivity contribution in [3.63, 3.8) is 0 Å². The molecule has 0 aromatic heterocycles. The summed E-state index contributed by atoms with van der Waals surface area (Å²) in [6.45, 7) is 4.10. The maximum atomic E-state index is 13.7. The Hall–Kier alpha value is -9.91. The second-order valence-electron chi connectivity index (χ2n) is 19.6. The molecule has 13 atom stereocenters. The number of nitrogens with one attached hydrogen (secondary N) is 11. The molecule has 0 saturated carbocycles. The number of rotatable bonds is 39. The maximum absolute atomic E-state index is 13.7. The zero-order valence-electron chi connectivity index (χ0n) is 47.6. The highest BCUT2D eigenvalue weighted by molar-refractivity contribution is 6.01. The van der Waals surface area contributed by atoms with Gasteiger partial charge < -0.3 is 106 Å². The van der Waals surface area contributed by atoms with E-state index in [1.54, 1.807) is 30.3 Å². The summed E-state index contributed by atoms with van der Waals surface area (Å²) in [6.07, 6.45) is -9.93. The molecule has 14 amide bonds. The predicted molar refractivity (Wildman–Crippen MR) is 292 cm³/mol. The third kappa shape index (κ3) is 28.0. The van der Waals surface area contributed by atoms with Crippen molar-refractivity contribution in [1.82, 2.24) is 58.5 Å². The topological polar surface area (TPSA) is 622 Å². The molecule has 0 aliphatic carbocycles. The number of carbonyl (C=O) groups excluding carboxylic acids is 14. The second kappa shape index (κ2) is 36.7. The van der Waals surface area contributed by atoms with E-state index in [4.69, 9.17) is 17.2 Å². The van der Waals surface area contributed by atoms with Crippen LogP contribution >= 0.6 is 0 Å². The van der Waals surface area contributed by atoms with Crippen molar-refractivity contribution in [1.29, 1.82) is 0 Å². The fraction of sp³-hybridized carbons (Fsp3) is 0.540. The number of primary amides is 3. The summed E-state index contributed by atoms with van der Waals surface area (Å²) < 4.78 is 0. The molecule has 0 unspecified atom stereocenters. The number of aliphatic hydroxyl groups is 3. The van der Waals surface area contributed by atoms with Crippen LogP contribution in [0.2, 0.25) is 0 Å². The Labute approximate surface area is 494 Å². The van der Waals surface area contributed by atoms with Gasteiger partial charge in [-0.25, -0.2) is 0 Å². The van der Waals surface area contributed by atoms with Crippen LogP contribution in [0.15, 0.2) is 30.3 Å². The highest BCUT2D eigenvalue weighted by atomic mass is 16.4. The normalized spacial score (nSPS) is 15.3. The zero-order chi connectivity index (χ0) is 66.6. The summed E-state index contributed by atoms with van der Waals surface area (Å²) in [7, 11) is 0. The first kappa shape index (κ1) is 75.1. The summed E-state index contributed by atoms with van der Waals surface area (Å²) in [5, 5.41) is 82.1. The van der Waals surface area contributed by atoms with Crippen LogP contribution in [0.4, 0.5) is 0 Å². The van der Waals surface area contributed by atoms with Crippen molar-refractivity contribution in [3.05, 3.63) is 35.9 Å². The Balaban J connectivity index is 3.33. The molecule has 0 heterocycles. The van der Waals surface area contributed by atoms with E-state index in [1.807, 2.05) is 21.3 Å². The van der Waals surface area contributed by atoms with Crippen LogP contribution in [0.1, 0.15) is 85.1 Å². The lowest BCUT2D eigenvalue weighted by molar-refractivity contribution is -0.142. The van der Waals surface area contributed by atoms with Crippen molar-refractivity contribution in [2.75, 3.05) is 6.61 Å². The van der Waals surface area contributed by atoms with Gasteiger partial charge >= 0.3 is 17.9 Å². The van der Waals surface area contributed by atoms with E-state index in [0.29, 0.717) is 5.56 Å². The molecule has 482 valence electrons. The molecule has 0 aliphatic heterocycles. The van der Waals surface area contributed by atoms with Gasteiger partial charge in [0.1, 0.15) is 66.5 Å². The third-order valence-electron chi connectivity index (χ3n) is 12.1. The largest absolute Gasteiger partial charge is 0.481 e. The van der Waals surface area contributed by atoms with Gasteiger partial charge in [0.2, 0.25) is 82.7 Å². The van der Waals surface area contributed by atoms with Gasteiger partial charge in [-0.05, 0) is 46.1 Å². The first-order chi connectivity index (χ1) is 40.5. The van der Waals surface area contributed by atoms with Crippen LogP contribution in [-0.4, -0.2) is 217 Å². The van der Waals surface area contributed by atoms with Crippen LogP contribution in [0.5, 0.6) is 0 Å². The van der Waals surface area contributed by atoms with E-state index in [9.17, 15) is 112 Å². The van der Waals surface area contributed by atoms with Crippen molar-refractivity contribution in [2.45, 2.75) is 165 Å². The van der Waals surface area contributed by atoms with E-state index in [1.165, 1.54) is 0 Å². The van der Waals surface area contributed by atoms with Gasteiger partial charge in [-0.3, -0.25) is 81.5 Å². The number of carboxylic acid groups (broad SMARTS) is 3. The number of amides is 14. The number of aliphatic hydroxyl groups excluding tert-OH is 3. The number of carbonyl (C=O) groups is 17. The van der Waals surface area contributed by atoms with E-state index in [0.717, 1.165) is 34.6 Å². The van der Waals surface area contributed by atoms with Crippen molar-refractivity contribution in [3.8, 4) is 0 Å². The van der Waals surface area contributed by atoms with Crippen LogP contribution in [0.3, 0.4) is 0 Å². The summed E-state index contributed by atoms with van der Waals surface area (Å²) >= 11 is 0. The number of aliphatic carboxylic acids is 3. The van der Waals surface area contributed by atoms with Gasteiger partial charge in [-0.15, -0.1) is 0 Å². The number of nitrogens with two attached hydrogens (primary N) is 3. The van der Waals surface area contributed by atoms with E-state index in [-0.39, 0.29) is 6.42 Å². The lowest BCUT2D eigenvalue weighted by atomic mass is 10.0. The SMILES string of the molecule is CC(=O)N[C@H](C(=O)N[C@@H](CCC(N)=O)C(=O)N[C@@H](CC(=O)O)C(=O)N[C@@H](C)C(=O)N[C@@H](CCC(=O)O)C(=O)N[C@@H](CC(=O)O)C(=O)N[C@@H](CC(N)=O)C(=O)N[C@H](C(=O)N[C@@H](C)C(=O)N[C@@H](CO)C(=O)N[C@@H](Cc1ccccc1)C(N)=O)[C@@H](C)O)[C@@H](C)O. The third-order valence-corrected chi connectivity index (χ3v) is 12.1. The summed E-state index contributed by atoms with van der Waals surface area (Å²) in [5.41, 5.74) is 16.5. The lowest BCUT2D eigenvalue weighted by Crippen LogP contribution is -2.62. The molecule has 23 N–H and O–H groups in total. The molecule has 0 bridgehead atoms. The average Bonchev–Trinajstić information content (AvgIpc) is 3.58. The van der Waals surface area contributed by atoms with Crippen LogP contribution < -0.4 is 75.7 Å². The lowest BCUT2D eigenvalue weighted by Gasteiger charge is -2.27. The number of carboxylic acids is 3. The zero-order valence-corrected chi connectivity index (χ0v) is 47.6. The monoisotopic (exact) mass is 1240 g/mol. The van der Waals surface area contributed by atoms with E-state index < -0.39 is 231 Å². The Morgan fingerprint density at radius 3 is 1.17 bits per heavy atom. The predicted octanol–water partition coefficient (Wildman–Crippen LogP) is -10.2. The Bertz CT molecular complexity index is 2710. The standard InChI is InChI=1S/C50H74N14O23/c1-20(54-45(82)30(17-36(73)74)61-43(80)26(11-13-33(51)69)58-50(87)38(22(3)66)56-24(5)68)41(78)57-27(12-14-35(71)72)44(81)62-31(18-37(75)76)46(83)60-29(16-34(52)70)47(84)64-39(23(4)67)49(86)55-21(2)42(79)63-32(19-65)48(85)59-28(40(53)77)15-25-9-7-6-8-10-25/h6-10,20-23,26-32,38-39,65-67H,11-19H2,1-5H3,(H2,51,69)(H2,52,70)(H2,53,77)(H,54,82)(H,55,86)(H,56,68)(H,57,78)(H,58,87)(H,59,85)(H,60,83)(H,61,80)(H,62,81)(H,63,79)(H,64,84)(H,71,72)(H,73,74)(H,75,76)/t20-,21-,22+,23+,26-,27-,28-,29-,30-,31-,32-,38-,39-/m0/s1. The first-order valence-corrected chi connectivity index (χ1v) is 26.3. The fourth-order valence-corrected chi connectivity index (χ4v) is 7.51. The smallest absolute Gasteiger partial charge is 0.305 e. The van der Waals surface area contributed by atoms with Gasteiger partial charge in [0.05, 0.1) is 38.1 Å². The molecular weight excluding hydrogens is 1160 g/mol. The highest BCUT2D eigenvalue weighted by Gasteiger charge is 2.38. The van der Waals surface area contributed by atoms with Gasteiger partial charge in [0.25, 0.3) is 0 Å². The second-order valence-corrected chi connectivity index (χ2v) is 19.6. The molecule has 0 radical (unpaired) electrons. The minimum absolute atomic E-state index is 0.0607. The van der Waals surface area contributed by atoms with E-state index >= 15 is 0 Å². The van der Waals surface area contributed by atoms with Gasteiger partial charge in [-0.2, -0.15) is 0 Å². The summed E-state index contributed by atoms with van der Waals surface area (Å²) in [6, 6.07) is -12.1.